The van der Waals surface area contributed by atoms with Crippen molar-refractivity contribution in [1.82, 2.24) is 24.6 Å². The molecule has 6 heteroatoms. The fourth-order valence-electron chi connectivity index (χ4n) is 5.59. The first-order valence-corrected chi connectivity index (χ1v) is 11.9. The van der Waals surface area contributed by atoms with Crippen LogP contribution in [-0.2, 0) is 11.3 Å². The molecular formula is C24H39N5O. The van der Waals surface area contributed by atoms with E-state index in [2.05, 4.69) is 50.8 Å². The number of carbonyl (C=O) groups excluding carboxylic acids is 1. The van der Waals surface area contributed by atoms with E-state index in [0.29, 0.717) is 18.0 Å². The molecule has 3 saturated heterocycles. The number of hydrogen-bond donors (Lipinski definition) is 0. The van der Waals surface area contributed by atoms with E-state index >= 15 is 0 Å². The van der Waals surface area contributed by atoms with Crippen molar-refractivity contribution in [3.8, 4) is 0 Å². The zero-order valence-corrected chi connectivity index (χ0v) is 18.9. The van der Waals surface area contributed by atoms with Gasteiger partial charge >= 0.3 is 0 Å². The minimum absolute atomic E-state index is 0.213. The largest absolute Gasteiger partial charge is 0.342 e. The summed E-state index contributed by atoms with van der Waals surface area (Å²) in [5, 5.41) is 0. The Morgan fingerprint density at radius 2 is 1.70 bits per heavy atom. The van der Waals surface area contributed by atoms with Crippen molar-refractivity contribution in [1.29, 1.82) is 0 Å². The number of hydrogen-bond acceptors (Lipinski definition) is 5. The van der Waals surface area contributed by atoms with Gasteiger partial charge in [0.05, 0.1) is 5.92 Å². The number of likely N-dealkylation sites (tertiary alicyclic amines) is 3. The highest BCUT2D eigenvalue weighted by molar-refractivity contribution is 5.79. The van der Waals surface area contributed by atoms with Crippen LogP contribution in [0.4, 0.5) is 0 Å². The van der Waals surface area contributed by atoms with Crippen molar-refractivity contribution in [2.45, 2.75) is 57.2 Å². The molecule has 6 nitrogen and oxygen atoms in total. The molecule has 3 aliphatic rings. The third-order valence-electron chi connectivity index (χ3n) is 7.54. The first-order chi connectivity index (χ1) is 14.6. The fourth-order valence-corrected chi connectivity index (χ4v) is 5.59. The van der Waals surface area contributed by atoms with Crippen molar-refractivity contribution in [3.05, 3.63) is 30.1 Å². The SMILES string of the molecule is CN(C)C1CCN(C(=O)C2CCCN(C3CCN(Cc4ccncc4)CC3)C2)CC1. The van der Waals surface area contributed by atoms with E-state index in [9.17, 15) is 4.79 Å². The standard InChI is InChI=1S/C24H39N5O/c1-26(2)22-9-16-28(17-10-22)24(30)21-4-3-13-29(19-21)23-7-14-27(15-8-23)18-20-5-11-25-12-6-20/h5-6,11-12,21-23H,3-4,7-10,13-19H2,1-2H3. The van der Waals surface area contributed by atoms with Gasteiger partial charge in [0.1, 0.15) is 0 Å². The minimum atomic E-state index is 0.213. The van der Waals surface area contributed by atoms with Crippen molar-refractivity contribution in [2.75, 3.05) is 53.4 Å². The second-order valence-corrected chi connectivity index (χ2v) is 9.72. The summed E-state index contributed by atoms with van der Waals surface area (Å²) in [7, 11) is 4.31. The molecule has 0 radical (unpaired) electrons. The maximum absolute atomic E-state index is 13.2. The molecule has 0 saturated carbocycles. The maximum atomic E-state index is 13.2. The molecule has 166 valence electrons. The Bertz CT molecular complexity index is 665. The highest BCUT2D eigenvalue weighted by Gasteiger charge is 2.34. The molecule has 1 aromatic heterocycles. The third-order valence-corrected chi connectivity index (χ3v) is 7.54. The van der Waals surface area contributed by atoms with Crippen LogP contribution in [0.3, 0.4) is 0 Å². The molecule has 0 aromatic carbocycles. The van der Waals surface area contributed by atoms with Crippen molar-refractivity contribution in [3.63, 3.8) is 0 Å². The van der Waals surface area contributed by atoms with E-state index in [0.717, 1.165) is 58.5 Å². The number of rotatable bonds is 5. The summed E-state index contributed by atoms with van der Waals surface area (Å²) in [6.45, 7) is 7.35. The first kappa shape index (κ1) is 21.7. The summed E-state index contributed by atoms with van der Waals surface area (Å²) >= 11 is 0. The molecule has 3 fully saturated rings. The molecule has 0 N–H and O–H groups in total. The Hall–Kier alpha value is -1.50. The first-order valence-electron chi connectivity index (χ1n) is 11.9. The van der Waals surface area contributed by atoms with Gasteiger partial charge in [-0.1, -0.05) is 0 Å². The minimum Gasteiger partial charge on any atom is -0.342 e. The molecule has 1 aromatic rings. The number of pyridine rings is 1. The van der Waals surface area contributed by atoms with Gasteiger partial charge in [-0.05, 0) is 90.0 Å². The van der Waals surface area contributed by atoms with Crippen LogP contribution in [0.1, 0.15) is 44.1 Å². The van der Waals surface area contributed by atoms with E-state index < -0.39 is 0 Å². The smallest absolute Gasteiger partial charge is 0.226 e. The average molecular weight is 414 g/mol. The van der Waals surface area contributed by atoms with Crippen molar-refractivity contribution < 1.29 is 4.79 Å². The Balaban J connectivity index is 1.24. The van der Waals surface area contributed by atoms with Crippen molar-refractivity contribution >= 4 is 5.91 Å². The second-order valence-electron chi connectivity index (χ2n) is 9.72. The predicted molar refractivity (Wildman–Crippen MR) is 120 cm³/mol. The maximum Gasteiger partial charge on any atom is 0.226 e. The molecule has 1 amide bonds. The van der Waals surface area contributed by atoms with Gasteiger partial charge in [-0.25, -0.2) is 0 Å². The van der Waals surface area contributed by atoms with Crippen molar-refractivity contribution in [2.24, 2.45) is 5.92 Å². The highest BCUT2D eigenvalue weighted by atomic mass is 16.2. The van der Waals surface area contributed by atoms with Crippen LogP contribution in [0.5, 0.6) is 0 Å². The van der Waals surface area contributed by atoms with E-state index in [1.165, 1.54) is 31.4 Å². The second kappa shape index (κ2) is 10.2. The predicted octanol–water partition coefficient (Wildman–Crippen LogP) is 2.31. The highest BCUT2D eigenvalue weighted by Crippen LogP contribution is 2.27. The summed E-state index contributed by atoms with van der Waals surface area (Å²) in [5.41, 5.74) is 1.35. The van der Waals surface area contributed by atoms with Gasteiger partial charge < -0.3 is 9.80 Å². The normalized spacial score (nSPS) is 25.7. The lowest BCUT2D eigenvalue weighted by atomic mass is 9.92. The molecule has 0 bridgehead atoms. The fraction of sp³-hybridized carbons (Fsp3) is 0.750. The number of carbonyl (C=O) groups is 1. The van der Waals surface area contributed by atoms with Gasteiger partial charge in [0.15, 0.2) is 0 Å². The molecule has 0 aliphatic carbocycles. The summed E-state index contributed by atoms with van der Waals surface area (Å²) in [5.74, 6) is 0.636. The van der Waals surface area contributed by atoms with Crippen LogP contribution < -0.4 is 0 Å². The lowest BCUT2D eigenvalue weighted by Crippen LogP contribution is -2.52. The Morgan fingerprint density at radius 3 is 2.37 bits per heavy atom. The van der Waals surface area contributed by atoms with Gasteiger partial charge in [-0.3, -0.25) is 19.6 Å². The summed E-state index contributed by atoms with van der Waals surface area (Å²) in [6.07, 6.45) is 10.7. The van der Waals surface area contributed by atoms with E-state index in [-0.39, 0.29) is 5.92 Å². The van der Waals surface area contributed by atoms with E-state index in [1.807, 2.05) is 12.4 Å². The molecule has 1 unspecified atom stereocenters. The van der Waals surface area contributed by atoms with Gasteiger partial charge in [-0.15, -0.1) is 0 Å². The van der Waals surface area contributed by atoms with E-state index in [1.54, 1.807) is 0 Å². The van der Waals surface area contributed by atoms with Crippen LogP contribution in [0.25, 0.3) is 0 Å². The summed E-state index contributed by atoms with van der Waals surface area (Å²) < 4.78 is 0. The van der Waals surface area contributed by atoms with E-state index in [4.69, 9.17) is 0 Å². The molecule has 1 atom stereocenters. The zero-order valence-electron chi connectivity index (χ0n) is 18.9. The van der Waals surface area contributed by atoms with Crippen LogP contribution in [0.15, 0.2) is 24.5 Å². The lowest BCUT2D eigenvalue weighted by Gasteiger charge is -2.43. The Morgan fingerprint density at radius 1 is 1.00 bits per heavy atom. The van der Waals surface area contributed by atoms with Crippen LogP contribution in [0, 0.1) is 5.92 Å². The van der Waals surface area contributed by atoms with Crippen LogP contribution >= 0.6 is 0 Å². The summed E-state index contributed by atoms with van der Waals surface area (Å²) in [6, 6.07) is 5.52. The Labute approximate surface area is 182 Å². The topological polar surface area (TPSA) is 42.9 Å². The molecular weight excluding hydrogens is 374 g/mol. The quantitative estimate of drug-likeness (QED) is 0.741. The number of piperidine rings is 3. The molecule has 3 aliphatic heterocycles. The van der Waals surface area contributed by atoms with Gasteiger partial charge in [0, 0.05) is 50.7 Å². The average Bonchev–Trinajstić information content (AvgIpc) is 2.80. The number of nitrogens with zero attached hydrogens (tertiary/aromatic N) is 5. The third kappa shape index (κ3) is 5.40. The van der Waals surface area contributed by atoms with Gasteiger partial charge in [0.25, 0.3) is 0 Å². The number of aromatic nitrogens is 1. The molecule has 0 spiro atoms. The lowest BCUT2D eigenvalue weighted by molar-refractivity contribution is -0.139. The van der Waals surface area contributed by atoms with Gasteiger partial charge in [0.2, 0.25) is 5.91 Å². The zero-order chi connectivity index (χ0) is 20.9. The molecule has 4 rings (SSSR count). The number of amides is 1. The molecule has 30 heavy (non-hydrogen) atoms. The monoisotopic (exact) mass is 413 g/mol. The molecule has 4 heterocycles. The van der Waals surface area contributed by atoms with Crippen LogP contribution in [-0.4, -0.2) is 95.9 Å². The summed E-state index contributed by atoms with van der Waals surface area (Å²) in [4.78, 5) is 27.0. The van der Waals surface area contributed by atoms with Gasteiger partial charge in [-0.2, -0.15) is 0 Å². The van der Waals surface area contributed by atoms with Crippen LogP contribution in [0.2, 0.25) is 0 Å². The Kier molecular flexibility index (Phi) is 7.39.